The lowest BCUT2D eigenvalue weighted by Gasteiger charge is -2.39. The minimum absolute atomic E-state index is 0.0957. The predicted molar refractivity (Wildman–Crippen MR) is 95.8 cm³/mol. The molecule has 26 heavy (non-hydrogen) atoms. The number of carbonyl (C=O) groups is 2. The number of fused-ring (bicyclic) bond motifs is 2. The van der Waals surface area contributed by atoms with Gasteiger partial charge in [0.25, 0.3) is 0 Å². The van der Waals surface area contributed by atoms with Gasteiger partial charge in [0.15, 0.2) is 11.4 Å². The van der Waals surface area contributed by atoms with Crippen LogP contribution in [0.1, 0.15) is 39.5 Å². The molecule has 4 nitrogen and oxygen atoms in total. The van der Waals surface area contributed by atoms with Gasteiger partial charge in [-0.05, 0) is 13.0 Å². The van der Waals surface area contributed by atoms with Gasteiger partial charge in [-0.25, -0.2) is 4.79 Å². The van der Waals surface area contributed by atoms with Gasteiger partial charge in [0.2, 0.25) is 0 Å². The Labute approximate surface area is 150 Å². The molecule has 0 bridgehead atoms. The van der Waals surface area contributed by atoms with Gasteiger partial charge in [0, 0.05) is 33.4 Å². The Kier molecular flexibility index (Phi) is 3.62. The molecular weight excluding hydrogens is 328 g/mol. The number of ketones is 1. The van der Waals surface area contributed by atoms with Crippen LogP contribution in [0.25, 0.3) is 0 Å². The number of benzene rings is 2. The van der Waals surface area contributed by atoms with Crippen molar-refractivity contribution in [3.8, 4) is 0 Å². The van der Waals surface area contributed by atoms with Crippen LogP contribution in [-0.4, -0.2) is 11.8 Å². The molecule has 0 saturated carbocycles. The molecule has 1 aliphatic rings. The first-order chi connectivity index (χ1) is 12.6. The lowest BCUT2D eigenvalue weighted by atomic mass is 9.71. The lowest BCUT2D eigenvalue weighted by Crippen LogP contribution is -2.40. The molecule has 128 valence electrons. The second-order valence-electron chi connectivity index (χ2n) is 6.28. The van der Waals surface area contributed by atoms with Crippen LogP contribution in [0.2, 0.25) is 0 Å². The minimum Gasteiger partial charge on any atom is -0.472 e. The van der Waals surface area contributed by atoms with Crippen LogP contribution in [0.15, 0.2) is 83.7 Å². The quantitative estimate of drug-likeness (QED) is 0.527. The highest BCUT2D eigenvalue weighted by atomic mass is 16.6. The van der Waals surface area contributed by atoms with Crippen LogP contribution in [0.5, 0.6) is 0 Å². The molecule has 1 aromatic heterocycles. The number of hydrogen-bond acceptors (Lipinski definition) is 4. The summed E-state index contributed by atoms with van der Waals surface area (Å²) < 4.78 is 11.3. The molecule has 4 heteroatoms. The molecule has 0 spiro atoms. The van der Waals surface area contributed by atoms with E-state index in [0.717, 1.165) is 0 Å². The third-order valence-electron chi connectivity index (χ3n) is 4.62. The zero-order valence-electron chi connectivity index (χ0n) is 14.2. The van der Waals surface area contributed by atoms with Crippen molar-refractivity contribution in [1.29, 1.82) is 0 Å². The molecule has 0 atom stereocenters. The van der Waals surface area contributed by atoms with Gasteiger partial charge < -0.3 is 9.15 Å². The number of hydrogen-bond donors (Lipinski definition) is 0. The van der Waals surface area contributed by atoms with Crippen molar-refractivity contribution in [3.63, 3.8) is 0 Å². The first kappa shape index (κ1) is 16.1. The molecule has 1 heterocycles. The van der Waals surface area contributed by atoms with Gasteiger partial charge >= 0.3 is 5.97 Å². The molecule has 0 fully saturated rings. The first-order valence-electron chi connectivity index (χ1n) is 8.21. The summed E-state index contributed by atoms with van der Waals surface area (Å²) in [5.74, 6) is -0.633. The minimum atomic E-state index is -1.27. The van der Waals surface area contributed by atoms with E-state index in [1.54, 1.807) is 37.3 Å². The van der Waals surface area contributed by atoms with E-state index in [-0.39, 0.29) is 11.4 Å². The number of esters is 1. The summed E-state index contributed by atoms with van der Waals surface area (Å²) >= 11 is 0. The van der Waals surface area contributed by atoms with Crippen molar-refractivity contribution in [2.75, 3.05) is 0 Å². The van der Waals surface area contributed by atoms with E-state index >= 15 is 0 Å². The monoisotopic (exact) mass is 344 g/mol. The number of furan rings is 1. The third kappa shape index (κ3) is 2.15. The van der Waals surface area contributed by atoms with E-state index < -0.39 is 11.6 Å². The molecular formula is C22H16O4. The summed E-state index contributed by atoms with van der Waals surface area (Å²) in [4.78, 5) is 25.6. The molecule has 0 radical (unpaired) electrons. The molecule has 0 aliphatic heterocycles. The van der Waals surface area contributed by atoms with Crippen LogP contribution in [0, 0.1) is 0 Å². The van der Waals surface area contributed by atoms with Crippen LogP contribution >= 0.6 is 0 Å². The molecule has 0 amide bonds. The SMILES string of the molecule is C=C(C)C(=O)OC1(c2ccoc2)c2ccccc2C(=O)c2ccccc21. The van der Waals surface area contributed by atoms with Crippen molar-refractivity contribution in [2.24, 2.45) is 0 Å². The van der Waals surface area contributed by atoms with Gasteiger partial charge in [0.05, 0.1) is 12.5 Å². The van der Waals surface area contributed by atoms with Crippen molar-refractivity contribution in [1.82, 2.24) is 0 Å². The highest BCUT2D eigenvalue weighted by molar-refractivity contribution is 6.13. The molecule has 1 aliphatic carbocycles. The van der Waals surface area contributed by atoms with E-state index in [2.05, 4.69) is 6.58 Å². The van der Waals surface area contributed by atoms with E-state index in [9.17, 15) is 9.59 Å². The van der Waals surface area contributed by atoms with Gasteiger partial charge in [-0.3, -0.25) is 4.79 Å². The second-order valence-corrected chi connectivity index (χ2v) is 6.28. The maximum Gasteiger partial charge on any atom is 0.334 e. The fourth-order valence-electron chi connectivity index (χ4n) is 3.44. The van der Waals surface area contributed by atoms with E-state index in [1.807, 2.05) is 24.3 Å². The topological polar surface area (TPSA) is 56.5 Å². The number of ether oxygens (including phenoxy) is 1. The predicted octanol–water partition coefficient (Wildman–Crippen LogP) is 4.24. The zero-order valence-corrected chi connectivity index (χ0v) is 14.2. The summed E-state index contributed by atoms with van der Waals surface area (Å²) in [6.07, 6.45) is 3.06. The smallest absolute Gasteiger partial charge is 0.334 e. The Morgan fingerprint density at radius 1 is 1.00 bits per heavy atom. The van der Waals surface area contributed by atoms with Gasteiger partial charge in [0.1, 0.15) is 0 Å². The summed E-state index contributed by atoms with van der Waals surface area (Å²) in [7, 11) is 0. The van der Waals surface area contributed by atoms with Crippen LogP contribution in [-0.2, 0) is 15.1 Å². The summed E-state index contributed by atoms with van der Waals surface area (Å²) in [6, 6.07) is 16.1. The number of rotatable bonds is 3. The maximum atomic E-state index is 13.0. The average molecular weight is 344 g/mol. The van der Waals surface area contributed by atoms with Crippen molar-refractivity contribution >= 4 is 11.8 Å². The Morgan fingerprint density at radius 2 is 1.58 bits per heavy atom. The standard InChI is InChI=1S/C22H16O4/c1-14(2)21(24)26-22(15-11-12-25-13-15)18-9-5-3-7-16(18)20(23)17-8-4-6-10-19(17)22/h3-13H,1H2,2H3. The van der Waals surface area contributed by atoms with Gasteiger partial charge in [-0.1, -0.05) is 55.1 Å². The molecule has 4 rings (SSSR count). The third-order valence-corrected chi connectivity index (χ3v) is 4.62. The van der Waals surface area contributed by atoms with Crippen LogP contribution in [0.4, 0.5) is 0 Å². The van der Waals surface area contributed by atoms with Gasteiger partial charge in [-0.15, -0.1) is 0 Å². The van der Waals surface area contributed by atoms with Crippen LogP contribution < -0.4 is 0 Å². The Morgan fingerprint density at radius 3 is 2.08 bits per heavy atom. The van der Waals surface area contributed by atoms with Crippen molar-refractivity contribution in [3.05, 3.63) is 107 Å². The Hall–Kier alpha value is -3.40. The zero-order chi connectivity index (χ0) is 18.3. The molecule has 2 aromatic carbocycles. The molecule has 0 N–H and O–H groups in total. The van der Waals surface area contributed by atoms with Gasteiger partial charge in [-0.2, -0.15) is 0 Å². The summed E-state index contributed by atoms with van der Waals surface area (Å²) in [5, 5.41) is 0. The Balaban J connectivity index is 2.11. The fraction of sp³-hybridized carbons (Fsp3) is 0.0909. The molecule has 0 unspecified atom stereocenters. The number of carbonyl (C=O) groups excluding carboxylic acids is 2. The van der Waals surface area contributed by atoms with E-state index in [0.29, 0.717) is 27.8 Å². The summed E-state index contributed by atoms with van der Waals surface area (Å²) in [5.41, 5.74) is 1.87. The summed E-state index contributed by atoms with van der Waals surface area (Å²) in [6.45, 7) is 5.29. The van der Waals surface area contributed by atoms with Crippen LogP contribution in [0.3, 0.4) is 0 Å². The largest absolute Gasteiger partial charge is 0.472 e. The lowest BCUT2D eigenvalue weighted by molar-refractivity contribution is -0.148. The van der Waals surface area contributed by atoms with Crippen molar-refractivity contribution < 1.29 is 18.7 Å². The first-order valence-corrected chi connectivity index (χ1v) is 8.21. The highest BCUT2D eigenvalue weighted by Gasteiger charge is 2.48. The fourth-order valence-corrected chi connectivity index (χ4v) is 3.44. The van der Waals surface area contributed by atoms with E-state index in [1.165, 1.54) is 12.5 Å². The van der Waals surface area contributed by atoms with Crippen molar-refractivity contribution in [2.45, 2.75) is 12.5 Å². The normalized spacial score (nSPS) is 14.3. The second kappa shape index (κ2) is 5.85. The maximum absolute atomic E-state index is 13.0. The Bertz CT molecular complexity index is 978. The molecule has 3 aromatic rings. The molecule has 0 saturated heterocycles. The average Bonchev–Trinajstić information content (AvgIpc) is 3.20. The van der Waals surface area contributed by atoms with E-state index in [4.69, 9.17) is 9.15 Å². The highest BCUT2D eigenvalue weighted by Crippen LogP contribution is 2.47.